The van der Waals surface area contributed by atoms with E-state index in [0.717, 1.165) is 5.56 Å². The average Bonchev–Trinajstić information content (AvgIpc) is 3.75. The highest BCUT2D eigenvalue weighted by Gasteiger charge is 2.28. The molecular formula is C33H38N8O4S2. The number of amides is 4. The van der Waals surface area contributed by atoms with Crippen LogP contribution in [0.1, 0.15) is 105 Å². The van der Waals surface area contributed by atoms with Crippen LogP contribution in [-0.2, 0) is 11.2 Å². The average molecular weight is 675 g/mol. The van der Waals surface area contributed by atoms with Crippen LogP contribution < -0.4 is 16.0 Å². The first-order valence-electron chi connectivity index (χ1n) is 15.5. The van der Waals surface area contributed by atoms with Crippen molar-refractivity contribution in [2.75, 3.05) is 19.6 Å². The fourth-order valence-corrected chi connectivity index (χ4v) is 6.90. The zero-order valence-corrected chi connectivity index (χ0v) is 28.4. The predicted molar refractivity (Wildman–Crippen MR) is 179 cm³/mol. The van der Waals surface area contributed by atoms with Gasteiger partial charge < -0.3 is 20.9 Å². The van der Waals surface area contributed by atoms with Crippen LogP contribution in [-0.4, -0.2) is 68.1 Å². The number of carbonyl (C=O) groups excluding carboxylic acids is 4. The second-order valence-electron chi connectivity index (χ2n) is 11.9. The van der Waals surface area contributed by atoms with E-state index in [1.807, 2.05) is 58.0 Å². The van der Waals surface area contributed by atoms with Crippen molar-refractivity contribution in [2.45, 2.75) is 58.5 Å². The van der Waals surface area contributed by atoms with Gasteiger partial charge in [0, 0.05) is 36.0 Å². The Hall–Kier alpha value is -4.56. The van der Waals surface area contributed by atoms with Crippen LogP contribution in [0.25, 0.3) is 0 Å². The molecule has 4 bridgehead atoms. The van der Waals surface area contributed by atoms with E-state index in [-0.39, 0.29) is 60.4 Å². The lowest BCUT2D eigenvalue weighted by Crippen LogP contribution is -2.43. The number of rotatable bonds is 5. The minimum atomic E-state index is -0.552. The van der Waals surface area contributed by atoms with Gasteiger partial charge in [0.25, 0.3) is 17.7 Å². The molecule has 4 aromatic rings. The van der Waals surface area contributed by atoms with Gasteiger partial charge in [-0.25, -0.2) is 19.9 Å². The van der Waals surface area contributed by atoms with E-state index in [1.165, 1.54) is 33.6 Å². The summed E-state index contributed by atoms with van der Waals surface area (Å²) in [4.78, 5) is 73.1. The predicted octanol–water partition coefficient (Wildman–Crippen LogP) is 4.32. The summed E-state index contributed by atoms with van der Waals surface area (Å²) in [6.45, 7) is 8.01. The number of nitrogens with one attached hydrogen (secondary N) is 3. The van der Waals surface area contributed by atoms with Gasteiger partial charge in [-0.3, -0.25) is 19.2 Å². The lowest BCUT2D eigenvalue weighted by atomic mass is 10.0. The highest BCUT2D eigenvalue weighted by molar-refractivity contribution is 7.10. The lowest BCUT2D eigenvalue weighted by Gasteiger charge is -2.24. The molecule has 0 fully saturated rings. The van der Waals surface area contributed by atoms with Gasteiger partial charge in [-0.1, -0.05) is 58.0 Å². The van der Waals surface area contributed by atoms with Crippen molar-refractivity contribution in [2.24, 2.45) is 5.92 Å². The number of nitrogens with zero attached hydrogens (tertiary/aromatic N) is 5. The van der Waals surface area contributed by atoms with Crippen LogP contribution in [0.3, 0.4) is 0 Å². The van der Waals surface area contributed by atoms with E-state index in [9.17, 15) is 19.2 Å². The Morgan fingerprint density at radius 3 is 2.34 bits per heavy atom. The molecule has 0 spiro atoms. The van der Waals surface area contributed by atoms with Crippen LogP contribution >= 0.6 is 22.7 Å². The molecule has 47 heavy (non-hydrogen) atoms. The SMILES string of the molecule is CC(C)c1nccc(C(=O)N2CCCNC(=O)c3csc(n3)[C@H](C(C)C)NC(=O)c3csc(n3)[C@H](Cc3ccccc3)NC(=O)C2)n1. The van der Waals surface area contributed by atoms with Crippen LogP contribution in [0.2, 0.25) is 0 Å². The zero-order chi connectivity index (χ0) is 33.5. The molecule has 1 aromatic carbocycles. The van der Waals surface area contributed by atoms with E-state index < -0.39 is 23.9 Å². The van der Waals surface area contributed by atoms with E-state index in [0.29, 0.717) is 28.7 Å². The Labute approximate surface area is 281 Å². The maximum atomic E-state index is 13.7. The molecule has 0 saturated carbocycles. The van der Waals surface area contributed by atoms with E-state index in [1.54, 1.807) is 17.0 Å². The number of aromatic nitrogens is 4. The molecule has 0 radical (unpaired) electrons. The third-order valence-electron chi connectivity index (χ3n) is 7.57. The Morgan fingerprint density at radius 2 is 1.62 bits per heavy atom. The second-order valence-corrected chi connectivity index (χ2v) is 13.7. The van der Waals surface area contributed by atoms with Crippen molar-refractivity contribution in [3.05, 3.63) is 91.8 Å². The van der Waals surface area contributed by atoms with Crippen molar-refractivity contribution in [1.82, 2.24) is 40.8 Å². The number of carbonyl (C=O) groups is 4. The quantitative estimate of drug-likeness (QED) is 0.282. The summed E-state index contributed by atoms with van der Waals surface area (Å²) in [5.41, 5.74) is 1.63. The molecule has 0 unspecified atom stereocenters. The van der Waals surface area contributed by atoms with Gasteiger partial charge in [0.15, 0.2) is 0 Å². The van der Waals surface area contributed by atoms with E-state index >= 15 is 0 Å². The van der Waals surface area contributed by atoms with Crippen LogP contribution in [0.4, 0.5) is 0 Å². The molecule has 2 atom stereocenters. The highest BCUT2D eigenvalue weighted by Crippen LogP contribution is 2.27. The van der Waals surface area contributed by atoms with Crippen molar-refractivity contribution in [1.29, 1.82) is 0 Å². The molecule has 4 heterocycles. The van der Waals surface area contributed by atoms with Crippen molar-refractivity contribution in [3.63, 3.8) is 0 Å². The molecule has 12 nitrogen and oxygen atoms in total. The molecule has 4 amide bonds. The normalized spacial score (nSPS) is 18.2. The summed E-state index contributed by atoms with van der Waals surface area (Å²) in [5, 5.41) is 13.5. The smallest absolute Gasteiger partial charge is 0.273 e. The summed E-state index contributed by atoms with van der Waals surface area (Å²) in [6, 6.07) is 10.2. The van der Waals surface area contributed by atoms with Gasteiger partial charge in [-0.05, 0) is 30.4 Å². The van der Waals surface area contributed by atoms with Crippen molar-refractivity contribution >= 4 is 46.3 Å². The summed E-state index contributed by atoms with van der Waals surface area (Å²) >= 11 is 2.59. The third-order valence-corrected chi connectivity index (χ3v) is 9.45. The van der Waals surface area contributed by atoms with Crippen LogP contribution in [0.5, 0.6) is 0 Å². The summed E-state index contributed by atoms with van der Waals surface area (Å²) in [6.07, 6.45) is 2.36. The summed E-state index contributed by atoms with van der Waals surface area (Å²) in [7, 11) is 0. The molecule has 1 aliphatic heterocycles. The van der Waals surface area contributed by atoms with Gasteiger partial charge in [0.2, 0.25) is 5.91 Å². The molecule has 246 valence electrons. The fourth-order valence-electron chi connectivity index (χ4n) is 5.03. The van der Waals surface area contributed by atoms with Gasteiger partial charge in [0.05, 0.1) is 18.6 Å². The van der Waals surface area contributed by atoms with Gasteiger partial charge >= 0.3 is 0 Å². The molecule has 3 aromatic heterocycles. The number of hydrogen-bond acceptors (Lipinski definition) is 10. The minimum absolute atomic E-state index is 0.00614. The van der Waals surface area contributed by atoms with E-state index in [2.05, 4.69) is 35.9 Å². The summed E-state index contributed by atoms with van der Waals surface area (Å²) < 4.78 is 0. The maximum absolute atomic E-state index is 13.7. The van der Waals surface area contributed by atoms with Crippen molar-refractivity contribution in [3.8, 4) is 0 Å². The second kappa shape index (κ2) is 15.4. The molecule has 3 N–H and O–H groups in total. The first kappa shape index (κ1) is 33.8. The fraction of sp³-hybridized carbons (Fsp3) is 0.394. The Bertz CT molecular complexity index is 1720. The topological polar surface area (TPSA) is 159 Å². The monoisotopic (exact) mass is 674 g/mol. The first-order valence-corrected chi connectivity index (χ1v) is 17.3. The molecule has 1 aliphatic rings. The van der Waals surface area contributed by atoms with Crippen LogP contribution in [0.15, 0.2) is 53.4 Å². The Balaban J connectivity index is 1.47. The first-order chi connectivity index (χ1) is 22.6. The van der Waals surface area contributed by atoms with Gasteiger partial charge in [0.1, 0.15) is 32.9 Å². The highest BCUT2D eigenvalue weighted by atomic mass is 32.1. The number of thiazole rings is 2. The van der Waals surface area contributed by atoms with E-state index in [4.69, 9.17) is 0 Å². The minimum Gasteiger partial charge on any atom is -0.351 e. The molecule has 5 rings (SSSR count). The van der Waals surface area contributed by atoms with Gasteiger partial charge in [-0.2, -0.15) is 0 Å². The molecule has 0 saturated heterocycles. The van der Waals surface area contributed by atoms with Crippen LogP contribution in [0, 0.1) is 5.92 Å². The molecular weight excluding hydrogens is 637 g/mol. The number of hydrogen-bond donors (Lipinski definition) is 3. The van der Waals surface area contributed by atoms with Crippen molar-refractivity contribution < 1.29 is 19.2 Å². The zero-order valence-electron chi connectivity index (χ0n) is 26.7. The summed E-state index contributed by atoms with van der Waals surface area (Å²) in [5.74, 6) is -1.02. The Kier molecular flexibility index (Phi) is 11.0. The standard InChI is InChI=1S/C33H38N8O4S2/c1-19(2)27-32-39-24(17-47-32)29(43)35-12-8-14-41(33(45)22-11-13-34-28(37-22)20(3)4)16-26(42)36-23(15-21-9-6-5-7-10-21)31-38-25(18-46-31)30(44)40-27/h5-7,9-11,13,17-20,23,27H,8,12,14-16H2,1-4H3,(H,35,43)(H,36,42)(H,40,44)/t23-,27-/m0/s1. The third kappa shape index (κ3) is 8.63. The lowest BCUT2D eigenvalue weighted by molar-refractivity contribution is -0.122. The molecule has 0 aliphatic carbocycles. The largest absolute Gasteiger partial charge is 0.351 e. The number of benzene rings is 1. The van der Waals surface area contributed by atoms with Gasteiger partial charge in [-0.15, -0.1) is 22.7 Å². The maximum Gasteiger partial charge on any atom is 0.273 e. The molecule has 14 heteroatoms. The number of fused-ring (bicyclic) bond motifs is 4. The Morgan fingerprint density at radius 1 is 0.915 bits per heavy atom.